The molecule has 2 N–H and O–H groups in total. The standard InChI is InChI=1S/C15H18FN3/c16-13-3-1-2-12(9-13)14-10-18-19-15(14)8-11-4-6-17-7-5-11/h1-3,9-11,17H,4-8H2,(H,18,19). The van der Waals surface area contributed by atoms with Crippen LogP contribution in [0, 0.1) is 11.7 Å². The van der Waals surface area contributed by atoms with Crippen LogP contribution in [0.4, 0.5) is 4.39 Å². The van der Waals surface area contributed by atoms with Crippen molar-refractivity contribution >= 4 is 0 Å². The molecule has 3 rings (SSSR count). The first-order chi connectivity index (χ1) is 9.33. The average molecular weight is 259 g/mol. The van der Waals surface area contributed by atoms with Gasteiger partial charge in [0.05, 0.1) is 6.20 Å². The molecule has 0 radical (unpaired) electrons. The van der Waals surface area contributed by atoms with Gasteiger partial charge in [-0.3, -0.25) is 5.10 Å². The summed E-state index contributed by atoms with van der Waals surface area (Å²) >= 11 is 0. The summed E-state index contributed by atoms with van der Waals surface area (Å²) in [6.45, 7) is 2.18. The van der Waals surface area contributed by atoms with E-state index in [0.29, 0.717) is 5.92 Å². The molecule has 100 valence electrons. The summed E-state index contributed by atoms with van der Waals surface area (Å²) in [6, 6.07) is 6.71. The third kappa shape index (κ3) is 2.84. The Morgan fingerprint density at radius 1 is 1.26 bits per heavy atom. The third-order valence-electron chi connectivity index (χ3n) is 3.81. The van der Waals surface area contributed by atoms with Crippen molar-refractivity contribution in [1.29, 1.82) is 0 Å². The molecule has 0 bridgehead atoms. The predicted molar refractivity (Wildman–Crippen MR) is 73.3 cm³/mol. The van der Waals surface area contributed by atoms with Crippen molar-refractivity contribution in [3.05, 3.63) is 42.0 Å². The van der Waals surface area contributed by atoms with Crippen LogP contribution >= 0.6 is 0 Å². The topological polar surface area (TPSA) is 40.7 Å². The van der Waals surface area contributed by atoms with Gasteiger partial charge >= 0.3 is 0 Å². The highest BCUT2D eigenvalue weighted by Gasteiger charge is 2.17. The van der Waals surface area contributed by atoms with Crippen molar-refractivity contribution in [2.45, 2.75) is 19.3 Å². The minimum atomic E-state index is -0.202. The van der Waals surface area contributed by atoms with Crippen molar-refractivity contribution in [3.8, 4) is 11.1 Å². The molecule has 0 amide bonds. The Morgan fingerprint density at radius 3 is 2.89 bits per heavy atom. The van der Waals surface area contributed by atoms with Crippen LogP contribution in [0.15, 0.2) is 30.5 Å². The molecular weight excluding hydrogens is 241 g/mol. The van der Waals surface area contributed by atoms with Gasteiger partial charge in [-0.15, -0.1) is 0 Å². The second kappa shape index (κ2) is 5.53. The lowest BCUT2D eigenvalue weighted by Gasteiger charge is -2.22. The molecule has 1 aliphatic heterocycles. The Hall–Kier alpha value is -1.68. The molecule has 1 aliphatic rings. The van der Waals surface area contributed by atoms with Crippen LogP contribution in [0.5, 0.6) is 0 Å². The van der Waals surface area contributed by atoms with Gasteiger partial charge in [-0.05, 0) is 56.0 Å². The molecule has 0 spiro atoms. The largest absolute Gasteiger partial charge is 0.317 e. The van der Waals surface area contributed by atoms with Gasteiger partial charge in [-0.25, -0.2) is 4.39 Å². The molecule has 2 heterocycles. The molecular formula is C15H18FN3. The van der Waals surface area contributed by atoms with Crippen LogP contribution < -0.4 is 5.32 Å². The first-order valence-corrected chi connectivity index (χ1v) is 6.82. The maximum atomic E-state index is 13.3. The minimum Gasteiger partial charge on any atom is -0.317 e. The molecule has 19 heavy (non-hydrogen) atoms. The number of nitrogens with one attached hydrogen (secondary N) is 2. The highest BCUT2D eigenvalue weighted by molar-refractivity contribution is 5.65. The van der Waals surface area contributed by atoms with Crippen molar-refractivity contribution < 1.29 is 4.39 Å². The first kappa shape index (κ1) is 12.4. The lowest BCUT2D eigenvalue weighted by Crippen LogP contribution is -2.28. The fraction of sp³-hybridized carbons (Fsp3) is 0.400. The van der Waals surface area contributed by atoms with Crippen LogP contribution in [-0.4, -0.2) is 23.3 Å². The predicted octanol–water partition coefficient (Wildman–Crippen LogP) is 2.76. The quantitative estimate of drug-likeness (QED) is 0.890. The molecule has 0 aliphatic carbocycles. The Kier molecular flexibility index (Phi) is 3.60. The first-order valence-electron chi connectivity index (χ1n) is 6.82. The molecule has 4 heteroatoms. The maximum absolute atomic E-state index is 13.3. The fourth-order valence-corrected chi connectivity index (χ4v) is 2.75. The SMILES string of the molecule is Fc1cccc(-c2cn[nH]c2CC2CCNCC2)c1. The Balaban J connectivity index is 1.81. The highest BCUT2D eigenvalue weighted by Crippen LogP contribution is 2.26. The smallest absolute Gasteiger partial charge is 0.123 e. The summed E-state index contributed by atoms with van der Waals surface area (Å²) in [5.41, 5.74) is 3.05. The van der Waals surface area contributed by atoms with Gasteiger partial charge in [0.25, 0.3) is 0 Å². The van der Waals surface area contributed by atoms with Crippen molar-refractivity contribution in [2.75, 3.05) is 13.1 Å². The number of nitrogens with zero attached hydrogens (tertiary/aromatic N) is 1. The van der Waals surface area contributed by atoms with Crippen molar-refractivity contribution in [3.63, 3.8) is 0 Å². The number of aromatic nitrogens is 2. The summed E-state index contributed by atoms with van der Waals surface area (Å²) in [5, 5.41) is 10.6. The van der Waals surface area contributed by atoms with E-state index < -0.39 is 0 Å². The van der Waals surface area contributed by atoms with Gasteiger partial charge in [0.15, 0.2) is 0 Å². The van der Waals surface area contributed by atoms with Crippen molar-refractivity contribution in [2.24, 2.45) is 5.92 Å². The summed E-state index contributed by atoms with van der Waals surface area (Å²) in [7, 11) is 0. The zero-order valence-corrected chi connectivity index (χ0v) is 10.8. The van der Waals surface area contributed by atoms with Gasteiger partial charge in [0, 0.05) is 11.3 Å². The molecule has 1 aromatic carbocycles. The van der Waals surface area contributed by atoms with E-state index in [-0.39, 0.29) is 5.82 Å². The van der Waals surface area contributed by atoms with Crippen LogP contribution in [0.3, 0.4) is 0 Å². The van der Waals surface area contributed by atoms with Crippen LogP contribution in [0.25, 0.3) is 11.1 Å². The molecule has 3 nitrogen and oxygen atoms in total. The monoisotopic (exact) mass is 259 g/mol. The molecule has 1 saturated heterocycles. The number of H-pyrrole nitrogens is 1. The van der Waals surface area contributed by atoms with E-state index in [1.54, 1.807) is 18.3 Å². The van der Waals surface area contributed by atoms with E-state index in [0.717, 1.165) is 36.3 Å². The van der Waals surface area contributed by atoms with E-state index in [4.69, 9.17) is 0 Å². The van der Waals surface area contributed by atoms with Crippen LogP contribution in [-0.2, 0) is 6.42 Å². The molecule has 2 aromatic rings. The number of rotatable bonds is 3. The third-order valence-corrected chi connectivity index (χ3v) is 3.81. The van der Waals surface area contributed by atoms with Gasteiger partial charge in [-0.2, -0.15) is 5.10 Å². The second-order valence-electron chi connectivity index (χ2n) is 5.17. The zero-order valence-electron chi connectivity index (χ0n) is 10.8. The Bertz CT molecular complexity index is 544. The summed E-state index contributed by atoms with van der Waals surface area (Å²) in [4.78, 5) is 0. The lowest BCUT2D eigenvalue weighted by molar-refractivity contribution is 0.370. The molecule has 0 atom stereocenters. The lowest BCUT2D eigenvalue weighted by atomic mass is 9.91. The number of piperidine rings is 1. The van der Waals surface area contributed by atoms with E-state index in [9.17, 15) is 4.39 Å². The zero-order chi connectivity index (χ0) is 13.1. The average Bonchev–Trinajstić information content (AvgIpc) is 2.88. The van der Waals surface area contributed by atoms with E-state index in [1.807, 2.05) is 6.07 Å². The highest BCUT2D eigenvalue weighted by atomic mass is 19.1. The van der Waals surface area contributed by atoms with Gasteiger partial charge in [0.1, 0.15) is 5.82 Å². The minimum absolute atomic E-state index is 0.202. The maximum Gasteiger partial charge on any atom is 0.123 e. The van der Waals surface area contributed by atoms with Crippen molar-refractivity contribution in [1.82, 2.24) is 15.5 Å². The Labute approximate surface area is 112 Å². The second-order valence-corrected chi connectivity index (χ2v) is 5.17. The summed E-state index contributed by atoms with van der Waals surface area (Å²) in [5.74, 6) is 0.487. The van der Waals surface area contributed by atoms with Crippen LogP contribution in [0.1, 0.15) is 18.5 Å². The molecule has 1 fully saturated rings. The number of aromatic amines is 1. The summed E-state index contributed by atoms with van der Waals surface area (Å²) < 4.78 is 13.3. The van der Waals surface area contributed by atoms with Gasteiger partial charge in [0.2, 0.25) is 0 Å². The van der Waals surface area contributed by atoms with Crippen LogP contribution in [0.2, 0.25) is 0 Å². The molecule has 0 unspecified atom stereocenters. The van der Waals surface area contributed by atoms with E-state index >= 15 is 0 Å². The molecule has 0 saturated carbocycles. The summed E-state index contributed by atoms with van der Waals surface area (Å²) in [6.07, 6.45) is 5.18. The normalized spacial score (nSPS) is 16.7. The number of hydrogen-bond acceptors (Lipinski definition) is 2. The van der Waals surface area contributed by atoms with E-state index in [1.165, 1.54) is 18.9 Å². The van der Waals surface area contributed by atoms with E-state index in [2.05, 4.69) is 15.5 Å². The fourth-order valence-electron chi connectivity index (χ4n) is 2.75. The van der Waals surface area contributed by atoms with Gasteiger partial charge < -0.3 is 5.32 Å². The Morgan fingerprint density at radius 2 is 2.11 bits per heavy atom. The number of hydrogen-bond donors (Lipinski definition) is 2. The molecule has 1 aromatic heterocycles. The van der Waals surface area contributed by atoms with Gasteiger partial charge in [-0.1, -0.05) is 12.1 Å². The number of benzene rings is 1. The number of halogens is 1.